The number of nitrogens with one attached hydrogen (secondary N) is 1. The van der Waals surface area contributed by atoms with Crippen molar-refractivity contribution in [2.24, 2.45) is 0 Å². The highest BCUT2D eigenvalue weighted by Crippen LogP contribution is 2.21. The summed E-state index contributed by atoms with van der Waals surface area (Å²) in [5.41, 5.74) is 1.61. The van der Waals surface area contributed by atoms with E-state index in [0.29, 0.717) is 12.0 Å². The van der Waals surface area contributed by atoms with Crippen molar-refractivity contribution in [2.45, 2.75) is 12.5 Å². The molecule has 1 N–H and O–H groups in total. The van der Waals surface area contributed by atoms with Gasteiger partial charge in [-0.05, 0) is 31.2 Å². The largest absolute Gasteiger partial charge is 0.313 e. The van der Waals surface area contributed by atoms with E-state index in [1.165, 1.54) is 12.4 Å². The van der Waals surface area contributed by atoms with E-state index in [-0.39, 0.29) is 11.9 Å². The van der Waals surface area contributed by atoms with E-state index >= 15 is 0 Å². The van der Waals surface area contributed by atoms with Gasteiger partial charge in [0.2, 0.25) is 0 Å². The zero-order valence-corrected chi connectivity index (χ0v) is 11.5. The van der Waals surface area contributed by atoms with Gasteiger partial charge in [-0.25, -0.2) is 14.4 Å². The first kappa shape index (κ1) is 13.1. The molecule has 5 heteroatoms. The van der Waals surface area contributed by atoms with Crippen LogP contribution < -0.4 is 5.32 Å². The minimum atomic E-state index is -0.207. The zero-order chi connectivity index (χ0) is 13.0. The molecule has 0 bridgehead atoms. The number of hydrogen-bond donors (Lipinski definition) is 1. The third kappa shape index (κ3) is 3.11. The lowest BCUT2D eigenvalue weighted by Gasteiger charge is -2.16. The molecule has 1 unspecified atom stereocenters. The van der Waals surface area contributed by atoms with Gasteiger partial charge in [0.25, 0.3) is 0 Å². The van der Waals surface area contributed by atoms with E-state index in [1.807, 2.05) is 13.1 Å². The fourth-order valence-corrected chi connectivity index (χ4v) is 2.12. The summed E-state index contributed by atoms with van der Waals surface area (Å²) >= 11 is 3.25. The van der Waals surface area contributed by atoms with Crippen molar-refractivity contribution in [1.29, 1.82) is 0 Å². The lowest BCUT2D eigenvalue weighted by atomic mass is 10.0. The summed E-state index contributed by atoms with van der Waals surface area (Å²) in [4.78, 5) is 7.96. The van der Waals surface area contributed by atoms with Gasteiger partial charge < -0.3 is 5.32 Å². The normalized spacial score (nSPS) is 12.4. The molecule has 0 aliphatic rings. The summed E-state index contributed by atoms with van der Waals surface area (Å²) in [5, 5.41) is 3.15. The molecule has 2 rings (SSSR count). The molecule has 0 fully saturated rings. The lowest BCUT2D eigenvalue weighted by Crippen LogP contribution is -2.19. The molecule has 0 amide bonds. The number of benzene rings is 1. The minimum Gasteiger partial charge on any atom is -0.313 e. The van der Waals surface area contributed by atoms with Crippen molar-refractivity contribution in [1.82, 2.24) is 15.3 Å². The van der Waals surface area contributed by atoms with Crippen LogP contribution in [-0.4, -0.2) is 17.0 Å². The van der Waals surface area contributed by atoms with Crippen molar-refractivity contribution in [3.05, 3.63) is 58.3 Å². The Morgan fingerprint density at radius 1 is 1.33 bits per heavy atom. The average Bonchev–Trinajstić information content (AvgIpc) is 2.39. The van der Waals surface area contributed by atoms with E-state index in [0.717, 1.165) is 10.0 Å². The maximum atomic E-state index is 13.8. The molecule has 0 aliphatic carbocycles. The molecule has 1 atom stereocenters. The van der Waals surface area contributed by atoms with Crippen LogP contribution in [0.3, 0.4) is 0 Å². The molecule has 1 aromatic carbocycles. The number of nitrogens with zero attached hydrogens (tertiary/aromatic N) is 2. The standard InChI is InChI=1S/C13H13BrFN3/c1-16-13(10-6-17-8-18-7-10)4-9-2-3-11(14)5-12(9)15/h2-3,5-8,13,16H,4H2,1H3. The van der Waals surface area contributed by atoms with Crippen molar-refractivity contribution < 1.29 is 4.39 Å². The van der Waals surface area contributed by atoms with Crippen LogP contribution in [0.4, 0.5) is 4.39 Å². The number of likely N-dealkylation sites (N-methyl/N-ethyl adjacent to an activating group) is 1. The summed E-state index contributed by atoms with van der Waals surface area (Å²) in [6.45, 7) is 0. The maximum absolute atomic E-state index is 13.8. The molecule has 1 aromatic heterocycles. The van der Waals surface area contributed by atoms with E-state index in [4.69, 9.17) is 0 Å². The summed E-state index contributed by atoms with van der Waals surface area (Å²) in [6, 6.07) is 5.10. The van der Waals surface area contributed by atoms with Gasteiger partial charge in [-0.15, -0.1) is 0 Å². The summed E-state index contributed by atoms with van der Waals surface area (Å²) in [6.07, 6.45) is 5.52. The molecular weight excluding hydrogens is 297 g/mol. The van der Waals surface area contributed by atoms with Crippen molar-refractivity contribution >= 4 is 15.9 Å². The Bertz CT molecular complexity index is 519. The minimum absolute atomic E-state index is 0.00174. The summed E-state index contributed by atoms with van der Waals surface area (Å²) in [7, 11) is 1.84. The number of rotatable bonds is 4. The van der Waals surface area contributed by atoms with Crippen LogP contribution >= 0.6 is 15.9 Å². The molecule has 0 saturated heterocycles. The number of hydrogen-bond acceptors (Lipinski definition) is 3. The Labute approximate surface area is 114 Å². The van der Waals surface area contributed by atoms with Crippen LogP contribution in [0.25, 0.3) is 0 Å². The van der Waals surface area contributed by atoms with Gasteiger partial charge in [0, 0.05) is 28.5 Å². The number of aromatic nitrogens is 2. The second kappa shape index (κ2) is 6.02. The molecule has 94 valence electrons. The fraction of sp³-hybridized carbons (Fsp3) is 0.231. The molecule has 0 saturated carbocycles. The van der Waals surface area contributed by atoms with E-state index < -0.39 is 0 Å². The highest BCUT2D eigenvalue weighted by Gasteiger charge is 2.13. The van der Waals surface area contributed by atoms with Crippen LogP contribution in [0.1, 0.15) is 17.2 Å². The quantitative estimate of drug-likeness (QED) is 0.943. The smallest absolute Gasteiger partial charge is 0.127 e. The van der Waals surface area contributed by atoms with Gasteiger partial charge in [-0.2, -0.15) is 0 Å². The first-order chi connectivity index (χ1) is 8.70. The zero-order valence-electron chi connectivity index (χ0n) is 9.90. The third-order valence-corrected chi connectivity index (χ3v) is 3.26. The van der Waals surface area contributed by atoms with Gasteiger partial charge in [0.1, 0.15) is 12.1 Å². The van der Waals surface area contributed by atoms with E-state index in [9.17, 15) is 4.39 Å². The van der Waals surface area contributed by atoms with Crippen LogP contribution in [0, 0.1) is 5.82 Å². The summed E-state index contributed by atoms with van der Waals surface area (Å²) < 4.78 is 14.5. The van der Waals surface area contributed by atoms with Crippen LogP contribution in [-0.2, 0) is 6.42 Å². The van der Waals surface area contributed by atoms with Gasteiger partial charge >= 0.3 is 0 Å². The number of halogens is 2. The SMILES string of the molecule is CNC(Cc1ccc(Br)cc1F)c1cncnc1. The van der Waals surface area contributed by atoms with Gasteiger partial charge in [-0.3, -0.25) is 0 Å². The molecule has 0 radical (unpaired) electrons. The predicted molar refractivity (Wildman–Crippen MR) is 71.6 cm³/mol. The Kier molecular flexibility index (Phi) is 4.38. The van der Waals surface area contributed by atoms with Gasteiger partial charge in [0.15, 0.2) is 0 Å². The molecule has 3 nitrogen and oxygen atoms in total. The third-order valence-electron chi connectivity index (χ3n) is 2.77. The Hall–Kier alpha value is -1.33. The maximum Gasteiger partial charge on any atom is 0.127 e. The van der Waals surface area contributed by atoms with Crippen molar-refractivity contribution in [3.63, 3.8) is 0 Å². The highest BCUT2D eigenvalue weighted by atomic mass is 79.9. The molecule has 18 heavy (non-hydrogen) atoms. The topological polar surface area (TPSA) is 37.8 Å². The Morgan fingerprint density at radius 3 is 2.67 bits per heavy atom. The first-order valence-corrected chi connectivity index (χ1v) is 6.36. The van der Waals surface area contributed by atoms with Gasteiger partial charge in [-0.1, -0.05) is 22.0 Å². The molecule has 2 aromatic rings. The molecule has 0 spiro atoms. The molecule has 0 aliphatic heterocycles. The van der Waals surface area contributed by atoms with Crippen LogP contribution in [0.2, 0.25) is 0 Å². The monoisotopic (exact) mass is 309 g/mol. The second-order valence-electron chi connectivity index (χ2n) is 3.95. The fourth-order valence-electron chi connectivity index (χ4n) is 1.78. The average molecular weight is 310 g/mol. The molecular formula is C13H13BrFN3. The van der Waals surface area contributed by atoms with Crippen LogP contribution in [0.5, 0.6) is 0 Å². The van der Waals surface area contributed by atoms with E-state index in [1.54, 1.807) is 18.5 Å². The van der Waals surface area contributed by atoms with Crippen molar-refractivity contribution in [2.75, 3.05) is 7.05 Å². The molecule has 1 heterocycles. The second-order valence-corrected chi connectivity index (χ2v) is 4.87. The van der Waals surface area contributed by atoms with E-state index in [2.05, 4.69) is 31.2 Å². The highest BCUT2D eigenvalue weighted by molar-refractivity contribution is 9.10. The summed E-state index contributed by atoms with van der Waals surface area (Å²) in [5.74, 6) is -0.207. The van der Waals surface area contributed by atoms with Crippen molar-refractivity contribution in [3.8, 4) is 0 Å². The van der Waals surface area contributed by atoms with Gasteiger partial charge in [0.05, 0.1) is 0 Å². The Balaban J connectivity index is 2.21. The van der Waals surface area contributed by atoms with Crippen LogP contribution in [0.15, 0.2) is 41.4 Å². The Morgan fingerprint density at radius 2 is 2.06 bits per heavy atom. The predicted octanol–water partition coefficient (Wildman–Crippen LogP) is 2.88. The lowest BCUT2D eigenvalue weighted by molar-refractivity contribution is 0.551. The first-order valence-electron chi connectivity index (χ1n) is 5.57.